The van der Waals surface area contributed by atoms with Crippen molar-refractivity contribution >= 4 is 23.6 Å². The van der Waals surface area contributed by atoms with Gasteiger partial charge in [-0.3, -0.25) is 9.69 Å². The zero-order valence-corrected chi connectivity index (χ0v) is 19.6. The van der Waals surface area contributed by atoms with Crippen LogP contribution >= 0.6 is 0 Å². The van der Waals surface area contributed by atoms with E-state index in [-0.39, 0.29) is 5.82 Å². The Morgan fingerprint density at radius 2 is 1.60 bits per heavy atom. The van der Waals surface area contributed by atoms with Crippen molar-refractivity contribution in [1.82, 2.24) is 0 Å². The normalized spacial score (nSPS) is 12.2. The number of halogens is 1. The highest BCUT2D eigenvalue weighted by atomic mass is 19.1. The molecular formula is C25H40FN3O. The maximum absolute atomic E-state index is 15.1. The highest BCUT2D eigenvalue weighted by molar-refractivity contribution is 6.09. The van der Waals surface area contributed by atoms with Crippen LogP contribution in [0, 0.1) is 5.82 Å². The largest absolute Gasteiger partial charge is 0.369 e. The highest BCUT2D eigenvalue weighted by Gasteiger charge is 2.16. The van der Waals surface area contributed by atoms with E-state index >= 15 is 4.39 Å². The number of aliphatic imine (C=N–C) groups is 1. The lowest BCUT2D eigenvalue weighted by Crippen LogP contribution is -2.29. The van der Waals surface area contributed by atoms with Gasteiger partial charge in [-0.15, -0.1) is 0 Å². The van der Waals surface area contributed by atoms with Gasteiger partial charge in [-0.1, -0.05) is 58.4 Å². The summed E-state index contributed by atoms with van der Waals surface area (Å²) in [7, 11) is 0. The summed E-state index contributed by atoms with van der Waals surface area (Å²) in [5.41, 5.74) is 1.92. The lowest BCUT2D eigenvalue weighted by Gasteiger charge is -2.26. The van der Waals surface area contributed by atoms with Gasteiger partial charge in [0.25, 0.3) is 0 Å². The number of amides is 1. The van der Waals surface area contributed by atoms with E-state index in [4.69, 9.17) is 0 Å². The van der Waals surface area contributed by atoms with Gasteiger partial charge in [-0.05, 0) is 45.7 Å². The maximum atomic E-state index is 15.1. The Morgan fingerprint density at radius 3 is 2.07 bits per heavy atom. The van der Waals surface area contributed by atoms with Crippen molar-refractivity contribution in [2.75, 3.05) is 22.9 Å². The number of carbonyl (C=O) groups excluding carboxylic acids is 1. The second-order valence-corrected chi connectivity index (χ2v) is 7.81. The molecule has 0 atom stereocenters. The van der Waals surface area contributed by atoms with Crippen LogP contribution in [0.3, 0.4) is 0 Å². The average molecular weight is 418 g/mol. The molecule has 0 bridgehead atoms. The predicted octanol–water partition coefficient (Wildman–Crippen LogP) is 7.10. The number of nitrogens with zero attached hydrogens (tertiary/aromatic N) is 3. The lowest BCUT2D eigenvalue weighted by molar-refractivity contribution is -0.106. The maximum Gasteiger partial charge on any atom is 0.219 e. The minimum Gasteiger partial charge on any atom is -0.369 e. The minimum absolute atomic E-state index is 0.291. The number of allylic oxidation sites excluding steroid dienone is 2. The molecule has 1 aromatic rings. The Balaban J connectivity index is 3.03. The fourth-order valence-electron chi connectivity index (χ4n) is 3.41. The van der Waals surface area contributed by atoms with Gasteiger partial charge >= 0.3 is 0 Å². The third-order valence-electron chi connectivity index (χ3n) is 5.32. The molecule has 0 saturated carbocycles. The third kappa shape index (κ3) is 8.68. The first-order chi connectivity index (χ1) is 14.5. The van der Waals surface area contributed by atoms with E-state index in [9.17, 15) is 4.79 Å². The number of benzene rings is 1. The quantitative estimate of drug-likeness (QED) is 0.140. The van der Waals surface area contributed by atoms with E-state index in [0.29, 0.717) is 23.6 Å². The van der Waals surface area contributed by atoms with E-state index in [0.717, 1.165) is 31.6 Å². The van der Waals surface area contributed by atoms with Gasteiger partial charge in [-0.25, -0.2) is 9.38 Å². The van der Waals surface area contributed by atoms with Crippen LogP contribution in [0.5, 0.6) is 0 Å². The standard InChI is InChI=1S/C25H40FN3O/c1-6-9-11-13-17-28(18-14-12-10-7-2)25-16-15-23(19-24(25)26)29(20-30)22(5)27-21(4)8-3/h8,15-16,19-20H,6-7,9-14,17-18H2,1-5H3/b21-8-,27-22-. The molecule has 168 valence electrons. The molecule has 0 spiro atoms. The van der Waals surface area contributed by atoms with Gasteiger partial charge < -0.3 is 4.90 Å². The second kappa shape index (κ2) is 14.8. The molecule has 1 rings (SSSR count). The lowest BCUT2D eigenvalue weighted by atomic mass is 10.1. The fourth-order valence-corrected chi connectivity index (χ4v) is 3.41. The van der Waals surface area contributed by atoms with Gasteiger partial charge in [0, 0.05) is 24.9 Å². The molecule has 0 aliphatic rings. The molecule has 4 nitrogen and oxygen atoms in total. The molecule has 0 N–H and O–H groups in total. The Labute approximate surface area is 182 Å². The summed E-state index contributed by atoms with van der Waals surface area (Å²) in [5, 5.41) is 0. The predicted molar refractivity (Wildman–Crippen MR) is 128 cm³/mol. The van der Waals surface area contributed by atoms with Crippen LogP contribution in [0.25, 0.3) is 0 Å². The van der Waals surface area contributed by atoms with Crippen LogP contribution in [-0.4, -0.2) is 25.3 Å². The number of carbonyl (C=O) groups is 1. The summed E-state index contributed by atoms with van der Waals surface area (Å²) in [6.45, 7) is 11.6. The summed E-state index contributed by atoms with van der Waals surface area (Å²) in [4.78, 5) is 19.6. The fraction of sp³-hybridized carbons (Fsp3) is 0.600. The molecule has 30 heavy (non-hydrogen) atoms. The van der Waals surface area contributed by atoms with Crippen molar-refractivity contribution in [3.8, 4) is 0 Å². The summed E-state index contributed by atoms with van der Waals surface area (Å²) in [5.74, 6) is 0.227. The third-order valence-corrected chi connectivity index (χ3v) is 5.32. The molecule has 1 aromatic carbocycles. The van der Waals surface area contributed by atoms with Gasteiger partial charge in [-0.2, -0.15) is 0 Å². The average Bonchev–Trinajstić information content (AvgIpc) is 2.73. The number of amidine groups is 1. The van der Waals surface area contributed by atoms with Crippen molar-refractivity contribution < 1.29 is 9.18 Å². The molecule has 0 aliphatic carbocycles. The molecule has 0 radical (unpaired) electrons. The molecule has 5 heteroatoms. The van der Waals surface area contributed by atoms with Crippen molar-refractivity contribution in [2.24, 2.45) is 4.99 Å². The van der Waals surface area contributed by atoms with Crippen LogP contribution in [0.4, 0.5) is 15.8 Å². The molecule has 0 heterocycles. The Morgan fingerprint density at radius 1 is 1.00 bits per heavy atom. The smallest absolute Gasteiger partial charge is 0.219 e. The first-order valence-electron chi connectivity index (χ1n) is 11.5. The van der Waals surface area contributed by atoms with E-state index in [1.165, 1.54) is 49.5 Å². The zero-order valence-electron chi connectivity index (χ0n) is 19.6. The van der Waals surface area contributed by atoms with E-state index in [1.54, 1.807) is 13.0 Å². The molecule has 0 fully saturated rings. The van der Waals surface area contributed by atoms with Gasteiger partial charge in [0.1, 0.15) is 11.7 Å². The molecule has 0 saturated heterocycles. The van der Waals surface area contributed by atoms with Crippen molar-refractivity contribution in [3.05, 3.63) is 35.8 Å². The molecule has 1 amide bonds. The van der Waals surface area contributed by atoms with Gasteiger partial charge in [0.05, 0.1) is 11.4 Å². The highest BCUT2D eigenvalue weighted by Crippen LogP contribution is 2.26. The Hall–Kier alpha value is -2.17. The summed E-state index contributed by atoms with van der Waals surface area (Å²) in [6, 6.07) is 5.05. The number of rotatable bonds is 14. The first-order valence-corrected chi connectivity index (χ1v) is 11.5. The molecule has 0 aliphatic heterocycles. The number of unbranched alkanes of at least 4 members (excludes halogenated alkanes) is 6. The summed E-state index contributed by atoms with van der Waals surface area (Å²) in [6.07, 6.45) is 11.8. The van der Waals surface area contributed by atoms with Gasteiger partial charge in [0.15, 0.2) is 0 Å². The van der Waals surface area contributed by atoms with Crippen LogP contribution in [-0.2, 0) is 4.79 Å². The summed E-state index contributed by atoms with van der Waals surface area (Å²) >= 11 is 0. The van der Waals surface area contributed by atoms with Crippen LogP contribution in [0.2, 0.25) is 0 Å². The second-order valence-electron chi connectivity index (χ2n) is 7.81. The van der Waals surface area contributed by atoms with Crippen molar-refractivity contribution in [3.63, 3.8) is 0 Å². The first kappa shape index (κ1) is 25.9. The number of hydrogen-bond donors (Lipinski definition) is 0. The molecular weight excluding hydrogens is 377 g/mol. The zero-order chi connectivity index (χ0) is 22.4. The van der Waals surface area contributed by atoms with Crippen molar-refractivity contribution in [2.45, 2.75) is 86.0 Å². The minimum atomic E-state index is -0.291. The van der Waals surface area contributed by atoms with Gasteiger partial charge in [0.2, 0.25) is 6.41 Å². The topological polar surface area (TPSA) is 35.9 Å². The van der Waals surface area contributed by atoms with E-state index in [2.05, 4.69) is 23.7 Å². The SMILES string of the molecule is C/C=C(C)\N=C(\C)N(C=O)c1ccc(N(CCCCCC)CCCCCC)c(F)c1. The van der Waals surface area contributed by atoms with Crippen LogP contribution < -0.4 is 9.80 Å². The molecule has 0 unspecified atom stereocenters. The number of anilines is 2. The van der Waals surface area contributed by atoms with Crippen molar-refractivity contribution in [1.29, 1.82) is 0 Å². The monoisotopic (exact) mass is 417 g/mol. The number of hydrogen-bond acceptors (Lipinski definition) is 3. The van der Waals surface area contributed by atoms with E-state index in [1.807, 2.05) is 26.0 Å². The Kier molecular flexibility index (Phi) is 12.7. The van der Waals surface area contributed by atoms with Crippen LogP contribution in [0.1, 0.15) is 86.0 Å². The summed E-state index contributed by atoms with van der Waals surface area (Å²) < 4.78 is 15.1. The van der Waals surface area contributed by atoms with Crippen LogP contribution in [0.15, 0.2) is 35.0 Å². The van der Waals surface area contributed by atoms with E-state index < -0.39 is 0 Å². The Bertz CT molecular complexity index is 688. The molecule has 0 aromatic heterocycles.